The first-order valence-electron chi connectivity index (χ1n) is 6.37. The first-order chi connectivity index (χ1) is 9.99. The largest absolute Gasteiger partial charge is 0.469 e. The van der Waals surface area contributed by atoms with E-state index in [1.54, 1.807) is 6.92 Å². The number of hydrogen-bond acceptors (Lipinski definition) is 6. The second-order valence-electron chi connectivity index (χ2n) is 4.10. The van der Waals surface area contributed by atoms with Crippen LogP contribution in [-0.2, 0) is 9.53 Å². The Morgan fingerprint density at radius 2 is 2.10 bits per heavy atom. The maximum Gasteiger partial charge on any atom is 0.307 e. The number of ether oxygens (including phenoxy) is 1. The normalized spacial score (nSPS) is 9.81. The molecule has 0 aromatic heterocycles. The van der Waals surface area contributed by atoms with E-state index in [0.717, 1.165) is 0 Å². The van der Waals surface area contributed by atoms with Gasteiger partial charge in [0.2, 0.25) is 0 Å². The van der Waals surface area contributed by atoms with Crippen LogP contribution in [0.4, 0.5) is 11.4 Å². The number of nitro benzene ring substituents is 1. The molecule has 2 N–H and O–H groups in total. The third-order valence-corrected chi connectivity index (χ3v) is 2.67. The summed E-state index contributed by atoms with van der Waals surface area (Å²) in [5, 5.41) is 16.3. The highest BCUT2D eigenvalue weighted by molar-refractivity contribution is 5.95. The number of amides is 1. The van der Waals surface area contributed by atoms with Crippen molar-refractivity contribution in [2.45, 2.75) is 13.3 Å². The lowest BCUT2D eigenvalue weighted by Crippen LogP contribution is -2.22. The third-order valence-electron chi connectivity index (χ3n) is 2.67. The number of carbonyl (C=O) groups is 2. The Morgan fingerprint density at radius 3 is 2.67 bits per heavy atom. The van der Waals surface area contributed by atoms with Crippen molar-refractivity contribution in [3.05, 3.63) is 33.9 Å². The molecule has 0 unspecified atom stereocenters. The van der Waals surface area contributed by atoms with E-state index < -0.39 is 10.9 Å². The number of nitrogens with one attached hydrogen (secondary N) is 2. The van der Waals surface area contributed by atoms with Crippen molar-refractivity contribution in [2.75, 3.05) is 25.5 Å². The molecule has 0 spiro atoms. The van der Waals surface area contributed by atoms with Gasteiger partial charge in [0.15, 0.2) is 0 Å². The Kier molecular flexibility index (Phi) is 6.12. The standard InChI is InChI=1S/C13H17N3O5/c1-3-14-13(18)9-4-5-11(16(19)20)10(8-9)15-7-6-12(17)21-2/h4-5,8,15H,3,6-7H2,1-2H3,(H,14,18). The van der Waals surface area contributed by atoms with Gasteiger partial charge in [-0.25, -0.2) is 0 Å². The van der Waals surface area contributed by atoms with Crippen molar-refractivity contribution in [3.8, 4) is 0 Å². The number of anilines is 1. The van der Waals surface area contributed by atoms with Gasteiger partial charge in [0.05, 0.1) is 18.5 Å². The van der Waals surface area contributed by atoms with Crippen molar-refractivity contribution in [1.82, 2.24) is 5.32 Å². The number of rotatable bonds is 7. The third kappa shape index (κ3) is 4.75. The fraction of sp³-hybridized carbons (Fsp3) is 0.385. The van der Waals surface area contributed by atoms with Gasteiger partial charge in [0.1, 0.15) is 5.69 Å². The van der Waals surface area contributed by atoms with Crippen LogP contribution in [-0.4, -0.2) is 37.0 Å². The zero-order valence-corrected chi connectivity index (χ0v) is 11.8. The minimum atomic E-state index is -0.554. The topological polar surface area (TPSA) is 111 Å². The van der Waals surface area contributed by atoms with Crippen molar-refractivity contribution in [1.29, 1.82) is 0 Å². The van der Waals surface area contributed by atoms with Crippen LogP contribution >= 0.6 is 0 Å². The molecular formula is C13H17N3O5. The van der Waals surface area contributed by atoms with Gasteiger partial charge in [-0.15, -0.1) is 0 Å². The summed E-state index contributed by atoms with van der Waals surface area (Å²) >= 11 is 0. The predicted molar refractivity (Wildman–Crippen MR) is 76.2 cm³/mol. The van der Waals surface area contributed by atoms with Gasteiger partial charge in [-0.3, -0.25) is 19.7 Å². The molecule has 0 saturated heterocycles. The van der Waals surface area contributed by atoms with Crippen molar-refractivity contribution < 1.29 is 19.2 Å². The molecule has 0 radical (unpaired) electrons. The first-order valence-corrected chi connectivity index (χ1v) is 6.37. The second-order valence-corrected chi connectivity index (χ2v) is 4.10. The van der Waals surface area contributed by atoms with E-state index in [1.165, 1.54) is 25.3 Å². The molecule has 0 bridgehead atoms. The molecular weight excluding hydrogens is 278 g/mol. The van der Waals surface area contributed by atoms with Crippen LogP contribution in [0.1, 0.15) is 23.7 Å². The summed E-state index contributed by atoms with van der Waals surface area (Å²) in [4.78, 5) is 33.1. The number of hydrogen-bond donors (Lipinski definition) is 2. The van der Waals surface area contributed by atoms with E-state index in [2.05, 4.69) is 15.4 Å². The van der Waals surface area contributed by atoms with Crippen molar-refractivity contribution >= 4 is 23.3 Å². The van der Waals surface area contributed by atoms with E-state index in [9.17, 15) is 19.7 Å². The van der Waals surface area contributed by atoms with Crippen LogP contribution in [0.25, 0.3) is 0 Å². The SMILES string of the molecule is CCNC(=O)c1ccc([N+](=O)[O-])c(NCCC(=O)OC)c1. The van der Waals surface area contributed by atoms with Crippen LogP contribution in [0, 0.1) is 10.1 Å². The summed E-state index contributed by atoms with van der Waals surface area (Å²) in [5.41, 5.74) is 0.337. The van der Waals surface area contributed by atoms with Gasteiger partial charge in [0.25, 0.3) is 11.6 Å². The average molecular weight is 295 g/mol. The first kappa shape index (κ1) is 16.4. The lowest BCUT2D eigenvalue weighted by atomic mass is 10.1. The Hall–Kier alpha value is -2.64. The quantitative estimate of drug-likeness (QED) is 0.446. The molecule has 1 amide bonds. The minimum Gasteiger partial charge on any atom is -0.469 e. The van der Waals surface area contributed by atoms with E-state index >= 15 is 0 Å². The monoisotopic (exact) mass is 295 g/mol. The fourth-order valence-electron chi connectivity index (χ4n) is 1.64. The van der Waals surface area contributed by atoms with E-state index in [1.807, 2.05) is 0 Å². The molecule has 0 heterocycles. The average Bonchev–Trinajstić information content (AvgIpc) is 2.46. The number of esters is 1. The molecule has 0 saturated carbocycles. The number of nitro groups is 1. The van der Waals surface area contributed by atoms with Crippen LogP contribution in [0.5, 0.6) is 0 Å². The molecule has 0 atom stereocenters. The maximum absolute atomic E-state index is 11.7. The highest BCUT2D eigenvalue weighted by Gasteiger charge is 2.16. The smallest absolute Gasteiger partial charge is 0.307 e. The van der Waals surface area contributed by atoms with Gasteiger partial charge < -0.3 is 15.4 Å². The molecule has 1 aromatic carbocycles. The summed E-state index contributed by atoms with van der Waals surface area (Å²) in [6, 6.07) is 4.03. The fourth-order valence-corrected chi connectivity index (χ4v) is 1.64. The molecule has 8 heteroatoms. The molecule has 1 rings (SSSR count). The summed E-state index contributed by atoms with van der Waals surface area (Å²) in [6.07, 6.45) is 0.0685. The zero-order valence-electron chi connectivity index (χ0n) is 11.8. The van der Waals surface area contributed by atoms with Crippen LogP contribution in [0.3, 0.4) is 0 Å². The molecule has 1 aromatic rings. The number of nitrogens with zero attached hydrogens (tertiary/aromatic N) is 1. The molecule has 114 valence electrons. The van der Waals surface area contributed by atoms with Crippen molar-refractivity contribution in [3.63, 3.8) is 0 Å². The minimum absolute atomic E-state index is 0.0685. The summed E-state index contributed by atoms with van der Waals surface area (Å²) in [6.45, 7) is 2.41. The lowest BCUT2D eigenvalue weighted by Gasteiger charge is -2.09. The molecule has 0 aliphatic rings. The highest BCUT2D eigenvalue weighted by Crippen LogP contribution is 2.25. The molecule has 0 aliphatic heterocycles. The Balaban J connectivity index is 2.91. The maximum atomic E-state index is 11.7. The van der Waals surface area contributed by atoms with E-state index in [0.29, 0.717) is 12.1 Å². The summed E-state index contributed by atoms with van der Waals surface area (Å²) in [5.74, 6) is -0.742. The zero-order chi connectivity index (χ0) is 15.8. The van der Waals surface area contributed by atoms with Crippen LogP contribution in [0.15, 0.2) is 18.2 Å². The Bertz CT molecular complexity index is 545. The van der Waals surface area contributed by atoms with E-state index in [4.69, 9.17) is 0 Å². The molecule has 8 nitrogen and oxygen atoms in total. The van der Waals surface area contributed by atoms with Gasteiger partial charge in [0, 0.05) is 24.7 Å². The van der Waals surface area contributed by atoms with E-state index in [-0.39, 0.29) is 30.2 Å². The summed E-state index contributed by atoms with van der Waals surface area (Å²) < 4.78 is 4.48. The van der Waals surface area contributed by atoms with Gasteiger partial charge in [-0.2, -0.15) is 0 Å². The summed E-state index contributed by atoms with van der Waals surface area (Å²) in [7, 11) is 1.26. The molecule has 0 fully saturated rings. The number of benzene rings is 1. The molecule has 0 aliphatic carbocycles. The van der Waals surface area contributed by atoms with Crippen LogP contribution in [0.2, 0.25) is 0 Å². The van der Waals surface area contributed by atoms with Crippen LogP contribution < -0.4 is 10.6 Å². The predicted octanol–water partition coefficient (Wildman–Crippen LogP) is 1.32. The Labute approximate surface area is 121 Å². The second kappa shape index (κ2) is 7.83. The van der Waals surface area contributed by atoms with Gasteiger partial charge >= 0.3 is 5.97 Å². The van der Waals surface area contributed by atoms with Gasteiger partial charge in [-0.05, 0) is 19.1 Å². The lowest BCUT2D eigenvalue weighted by molar-refractivity contribution is -0.384. The van der Waals surface area contributed by atoms with Gasteiger partial charge in [-0.1, -0.05) is 0 Å². The number of carbonyl (C=O) groups excluding carboxylic acids is 2. The Morgan fingerprint density at radius 1 is 1.38 bits per heavy atom. The number of methoxy groups -OCH3 is 1. The van der Waals surface area contributed by atoms with Crippen molar-refractivity contribution in [2.24, 2.45) is 0 Å². The molecule has 21 heavy (non-hydrogen) atoms. The highest BCUT2D eigenvalue weighted by atomic mass is 16.6.